The van der Waals surface area contributed by atoms with E-state index in [-0.39, 0.29) is 5.78 Å². The van der Waals surface area contributed by atoms with Crippen LogP contribution >= 0.6 is 0 Å². The molecule has 0 amide bonds. The maximum absolute atomic E-state index is 14.3. The van der Waals surface area contributed by atoms with Gasteiger partial charge in [-0.15, -0.1) is 0 Å². The summed E-state index contributed by atoms with van der Waals surface area (Å²) in [4.78, 5) is 19.3. The average Bonchev–Trinajstić information content (AvgIpc) is 3.21. The van der Waals surface area contributed by atoms with Crippen LogP contribution in [0.2, 0.25) is 0 Å². The summed E-state index contributed by atoms with van der Waals surface area (Å²) in [5, 5.41) is 9.04. The van der Waals surface area contributed by atoms with Gasteiger partial charge in [-0.25, -0.2) is 0 Å². The van der Waals surface area contributed by atoms with Gasteiger partial charge in [-0.05, 0) is 56.6 Å². The van der Waals surface area contributed by atoms with Crippen LogP contribution in [0.1, 0.15) is 54.9 Å². The van der Waals surface area contributed by atoms with Crippen LogP contribution in [-0.4, -0.2) is 17.7 Å². The molecule has 0 fully saturated rings. The minimum Gasteiger partial charge on any atom is -0.300 e. The summed E-state index contributed by atoms with van der Waals surface area (Å²) in [5.74, 6) is 0.0206. The second-order valence-electron chi connectivity index (χ2n) is 12.6. The molecular weight excluding hydrogens is 621 g/mol. The highest BCUT2D eigenvalue weighted by atomic mass is 16.1. The number of allylic oxidation sites excluding steroid dienone is 1. The molecule has 8 rings (SSSR count). The first kappa shape index (κ1) is 31.6. The maximum Gasteiger partial charge on any atom is 0.193 e. The molecule has 1 aliphatic carbocycles. The van der Waals surface area contributed by atoms with Crippen LogP contribution in [0.25, 0.3) is 16.8 Å². The number of aliphatic imine (C=N–C) groups is 1. The Morgan fingerprint density at radius 1 is 0.529 bits per heavy atom. The highest BCUT2D eigenvalue weighted by molar-refractivity contribution is 6.14. The van der Waals surface area contributed by atoms with E-state index in [9.17, 15) is 4.79 Å². The van der Waals surface area contributed by atoms with Crippen LogP contribution < -0.4 is 0 Å². The molecule has 0 saturated carbocycles. The predicted octanol–water partition coefficient (Wildman–Crippen LogP) is 10.8. The number of benzene rings is 7. The second kappa shape index (κ2) is 13.7. The minimum absolute atomic E-state index is 0.0206. The molecule has 0 atom stereocenters. The fourth-order valence-electron chi connectivity index (χ4n) is 7.35. The van der Waals surface area contributed by atoms with E-state index in [4.69, 9.17) is 10.4 Å². The Hall–Kier alpha value is -6.71. The molecule has 242 valence electrons. The predicted molar refractivity (Wildman–Crippen MR) is 209 cm³/mol. The van der Waals surface area contributed by atoms with E-state index >= 15 is 0 Å². The summed E-state index contributed by atoms with van der Waals surface area (Å²) in [5.41, 5.74) is 10.4. The summed E-state index contributed by atoms with van der Waals surface area (Å²) in [6.07, 6.45) is 3.68. The zero-order valence-corrected chi connectivity index (χ0v) is 27.9. The Morgan fingerprint density at radius 3 is 1.73 bits per heavy atom. The number of ketones is 1. The van der Waals surface area contributed by atoms with Gasteiger partial charge in [-0.1, -0.05) is 182 Å². The topological polar surface area (TPSA) is 53.3 Å². The van der Waals surface area contributed by atoms with Crippen molar-refractivity contribution in [1.29, 1.82) is 5.41 Å². The molecule has 0 saturated heterocycles. The Morgan fingerprint density at radius 2 is 1.06 bits per heavy atom. The molecule has 0 heterocycles. The maximum atomic E-state index is 14.3. The molecule has 0 aliphatic heterocycles. The molecule has 7 aromatic rings. The van der Waals surface area contributed by atoms with E-state index in [0.717, 1.165) is 50.1 Å². The fourth-order valence-corrected chi connectivity index (χ4v) is 7.35. The molecule has 3 heteroatoms. The number of nitrogens with one attached hydrogen (secondary N) is 1. The van der Waals surface area contributed by atoms with Gasteiger partial charge < -0.3 is 5.41 Å². The van der Waals surface area contributed by atoms with Crippen molar-refractivity contribution in [3.05, 3.63) is 244 Å². The van der Waals surface area contributed by atoms with E-state index in [1.165, 1.54) is 0 Å². The average molecular weight is 655 g/mol. The summed E-state index contributed by atoms with van der Waals surface area (Å²) in [7, 11) is 0. The molecule has 0 aromatic heterocycles. The second-order valence-corrected chi connectivity index (χ2v) is 12.6. The lowest BCUT2D eigenvalue weighted by molar-refractivity contribution is 0.103. The van der Waals surface area contributed by atoms with Crippen molar-refractivity contribution in [2.45, 2.75) is 5.41 Å². The van der Waals surface area contributed by atoms with Crippen LogP contribution in [0.5, 0.6) is 0 Å². The number of hydrogen-bond acceptors (Lipinski definition) is 3. The Kier molecular flexibility index (Phi) is 8.45. The summed E-state index contributed by atoms with van der Waals surface area (Å²) < 4.78 is 0. The number of fused-ring (bicyclic) bond motifs is 2. The van der Waals surface area contributed by atoms with Crippen LogP contribution in [-0.2, 0) is 5.41 Å². The van der Waals surface area contributed by atoms with Crippen molar-refractivity contribution in [1.82, 2.24) is 0 Å². The zero-order chi connectivity index (χ0) is 34.6. The third kappa shape index (κ3) is 5.75. The summed E-state index contributed by atoms with van der Waals surface area (Å²) >= 11 is 0. The minimum atomic E-state index is -0.743. The molecule has 0 unspecified atom stereocenters. The van der Waals surface area contributed by atoms with Gasteiger partial charge in [0.1, 0.15) is 0 Å². The van der Waals surface area contributed by atoms with Crippen molar-refractivity contribution in [2.75, 3.05) is 0 Å². The van der Waals surface area contributed by atoms with Crippen LogP contribution in [0, 0.1) is 5.41 Å². The van der Waals surface area contributed by atoms with Crippen LogP contribution in [0.3, 0.4) is 0 Å². The first-order valence-electron chi connectivity index (χ1n) is 17.1. The molecule has 3 nitrogen and oxygen atoms in total. The van der Waals surface area contributed by atoms with Crippen molar-refractivity contribution >= 4 is 23.4 Å². The third-order valence-corrected chi connectivity index (χ3v) is 9.69. The van der Waals surface area contributed by atoms with Crippen molar-refractivity contribution in [3.63, 3.8) is 0 Å². The largest absolute Gasteiger partial charge is 0.300 e. The molecular formula is C48H34N2O. The number of nitrogens with zero attached hydrogens (tertiary/aromatic N) is 1. The highest BCUT2D eigenvalue weighted by Gasteiger charge is 2.46. The van der Waals surface area contributed by atoms with E-state index in [1.54, 1.807) is 0 Å². The normalized spacial score (nSPS) is 13.4. The first-order valence-corrected chi connectivity index (χ1v) is 17.1. The number of hydrogen-bond donors (Lipinski definition) is 1. The Balaban J connectivity index is 1.37. The summed E-state index contributed by atoms with van der Waals surface area (Å²) in [6, 6.07) is 63.2. The zero-order valence-electron chi connectivity index (χ0n) is 27.9. The van der Waals surface area contributed by atoms with E-state index in [1.807, 2.05) is 128 Å². The number of rotatable bonds is 8. The number of carbonyl (C=O) groups excluding carboxylic acids is 1. The van der Waals surface area contributed by atoms with Crippen molar-refractivity contribution in [2.24, 2.45) is 4.99 Å². The Bertz CT molecular complexity index is 2390. The first-order chi connectivity index (χ1) is 25.1. The van der Waals surface area contributed by atoms with Crippen LogP contribution in [0.15, 0.2) is 199 Å². The smallest absolute Gasteiger partial charge is 0.193 e. The lowest BCUT2D eigenvalue weighted by Gasteiger charge is -2.42. The standard InChI is InChI=1S/C48H34N2O/c49-45(35-19-7-2-8-20-35)32-46(50-33-34-17-5-1-6-18-34)40-26-14-13-25-39(40)36-29-30-42-44(31-36)48(37-21-9-3-10-22-37,38-23-11-4-12-24-38)43-28-16-15-27-41(43)47(42)51/h1-33,49H/b46-32-,49-45?,50-33?. The molecule has 0 radical (unpaired) electrons. The lowest BCUT2D eigenvalue weighted by Crippen LogP contribution is -2.38. The number of carbonyl (C=O) groups is 1. The van der Waals surface area contributed by atoms with Crippen molar-refractivity contribution < 1.29 is 4.79 Å². The lowest BCUT2D eigenvalue weighted by atomic mass is 9.59. The van der Waals surface area contributed by atoms with Crippen LogP contribution in [0.4, 0.5) is 0 Å². The molecule has 1 N–H and O–H groups in total. The van der Waals surface area contributed by atoms with E-state index < -0.39 is 5.41 Å². The molecule has 51 heavy (non-hydrogen) atoms. The van der Waals surface area contributed by atoms with Gasteiger partial charge in [0.05, 0.1) is 16.8 Å². The molecule has 0 spiro atoms. The quantitative estimate of drug-likeness (QED) is 0.163. The molecule has 1 aliphatic rings. The van der Waals surface area contributed by atoms with Gasteiger partial charge in [0.2, 0.25) is 0 Å². The third-order valence-electron chi connectivity index (χ3n) is 9.69. The van der Waals surface area contributed by atoms with E-state index in [0.29, 0.717) is 22.5 Å². The van der Waals surface area contributed by atoms with Gasteiger partial charge in [0, 0.05) is 22.9 Å². The monoisotopic (exact) mass is 654 g/mol. The molecule has 0 bridgehead atoms. The van der Waals surface area contributed by atoms with Gasteiger partial charge >= 0.3 is 0 Å². The molecule has 7 aromatic carbocycles. The van der Waals surface area contributed by atoms with E-state index in [2.05, 4.69) is 72.8 Å². The fraction of sp³-hybridized carbons (Fsp3) is 0.0208. The SMILES string of the molecule is N=C(/C=C(\N=Cc1ccccc1)c1ccccc1-c1ccc2c(c1)C(c1ccccc1)(c1ccccc1)c1ccccc1C2=O)c1ccccc1. The van der Waals surface area contributed by atoms with Gasteiger partial charge in [0.25, 0.3) is 0 Å². The van der Waals surface area contributed by atoms with Crippen molar-refractivity contribution in [3.8, 4) is 11.1 Å². The Labute approximate surface area is 298 Å². The van der Waals surface area contributed by atoms with Gasteiger partial charge in [0.15, 0.2) is 5.78 Å². The van der Waals surface area contributed by atoms with Gasteiger partial charge in [-0.2, -0.15) is 0 Å². The van der Waals surface area contributed by atoms with Gasteiger partial charge in [-0.3, -0.25) is 9.79 Å². The summed E-state index contributed by atoms with van der Waals surface area (Å²) in [6.45, 7) is 0. The highest BCUT2D eigenvalue weighted by Crippen LogP contribution is 2.51.